The van der Waals surface area contributed by atoms with Crippen molar-refractivity contribution in [3.05, 3.63) is 75.8 Å². The molecule has 1 aliphatic heterocycles. The van der Waals surface area contributed by atoms with Gasteiger partial charge in [-0.15, -0.1) is 0 Å². The number of amides is 3. The zero-order chi connectivity index (χ0) is 26.8. The fraction of sp³-hybridized carbons (Fsp3) is 0.360. The average molecular weight is 513 g/mol. The summed E-state index contributed by atoms with van der Waals surface area (Å²) in [5, 5.41) is 15.7. The number of hydrogen-bond donors (Lipinski definition) is 2. The molecule has 12 nitrogen and oxygen atoms in total. The predicted octanol–water partition coefficient (Wildman–Crippen LogP) is 2.06. The first kappa shape index (κ1) is 27.1. The normalized spacial score (nSPS) is 15.4. The molecule has 1 saturated heterocycles. The van der Waals surface area contributed by atoms with Gasteiger partial charge in [0.1, 0.15) is 31.8 Å². The first-order chi connectivity index (χ1) is 17.7. The lowest BCUT2D eigenvalue weighted by Crippen LogP contribution is -2.52. The summed E-state index contributed by atoms with van der Waals surface area (Å²) in [6, 6.07) is 12.9. The quantitative estimate of drug-likeness (QED) is 0.278. The molecule has 3 rings (SSSR count). The van der Waals surface area contributed by atoms with Crippen LogP contribution in [0.1, 0.15) is 30.9 Å². The van der Waals surface area contributed by atoms with Crippen LogP contribution in [0.2, 0.25) is 0 Å². The Balaban J connectivity index is 1.42. The predicted molar refractivity (Wildman–Crippen MR) is 130 cm³/mol. The maximum absolute atomic E-state index is 12.8. The van der Waals surface area contributed by atoms with Gasteiger partial charge >= 0.3 is 12.1 Å². The van der Waals surface area contributed by atoms with Crippen molar-refractivity contribution in [3.63, 3.8) is 0 Å². The number of benzene rings is 2. The highest BCUT2D eigenvalue weighted by atomic mass is 16.6. The molecule has 1 heterocycles. The van der Waals surface area contributed by atoms with Crippen LogP contribution in [0.15, 0.2) is 54.6 Å². The van der Waals surface area contributed by atoms with Crippen molar-refractivity contribution in [3.8, 4) is 0 Å². The van der Waals surface area contributed by atoms with Gasteiger partial charge in [-0.2, -0.15) is 0 Å². The molecule has 0 bridgehead atoms. The zero-order valence-electron chi connectivity index (χ0n) is 20.3. The summed E-state index contributed by atoms with van der Waals surface area (Å²) < 4.78 is 10.3. The molecule has 196 valence electrons. The van der Waals surface area contributed by atoms with E-state index in [0.717, 1.165) is 5.56 Å². The summed E-state index contributed by atoms with van der Waals surface area (Å²) in [7, 11) is 0. The summed E-state index contributed by atoms with van der Waals surface area (Å²) in [6.07, 6.45) is 0.267. The average Bonchev–Trinajstić information content (AvgIpc) is 3.40. The van der Waals surface area contributed by atoms with Crippen LogP contribution in [0.3, 0.4) is 0 Å². The molecule has 37 heavy (non-hydrogen) atoms. The summed E-state index contributed by atoms with van der Waals surface area (Å²) >= 11 is 0. The summed E-state index contributed by atoms with van der Waals surface area (Å²) in [5.74, 6) is -1.63. The standard InChI is InChI=1S/C25H28N4O8/c1-17(24(32)36-15-19-9-11-20(12-10-19)29(34)35)27-23(31)21-8-5-13-28(21)22(30)14-26-25(33)37-16-18-6-3-2-4-7-18/h2-4,6-7,9-12,17,21H,5,8,13-16H2,1H3,(H,26,33)(H,27,31)/t17-,21-/m0/s1. The SMILES string of the molecule is C[C@H](NC(=O)[C@@H]1CCCN1C(=O)CNC(=O)OCc1ccccc1)C(=O)OCc1ccc([N+](=O)[O-])cc1. The van der Waals surface area contributed by atoms with Crippen LogP contribution >= 0.6 is 0 Å². The van der Waals surface area contributed by atoms with Gasteiger partial charge in [0.2, 0.25) is 11.8 Å². The van der Waals surface area contributed by atoms with Gasteiger partial charge in [-0.05, 0) is 43.0 Å². The minimum atomic E-state index is -0.978. The number of hydrogen-bond acceptors (Lipinski definition) is 8. The Labute approximate surface area is 213 Å². The van der Waals surface area contributed by atoms with Crippen LogP contribution in [0.5, 0.6) is 0 Å². The number of nitro benzene ring substituents is 1. The van der Waals surface area contributed by atoms with Gasteiger partial charge < -0.3 is 25.0 Å². The topological polar surface area (TPSA) is 157 Å². The molecule has 2 N–H and O–H groups in total. The van der Waals surface area contributed by atoms with Crippen molar-refractivity contribution < 1.29 is 33.6 Å². The number of carbonyl (C=O) groups is 4. The fourth-order valence-electron chi connectivity index (χ4n) is 3.72. The third kappa shape index (κ3) is 8.02. The van der Waals surface area contributed by atoms with E-state index >= 15 is 0 Å². The summed E-state index contributed by atoms with van der Waals surface area (Å²) in [4.78, 5) is 61.2. The van der Waals surface area contributed by atoms with Gasteiger partial charge in [-0.1, -0.05) is 30.3 Å². The van der Waals surface area contributed by atoms with Crippen molar-refractivity contribution in [2.45, 2.75) is 45.1 Å². The van der Waals surface area contributed by atoms with Crippen molar-refractivity contribution in [2.75, 3.05) is 13.1 Å². The highest BCUT2D eigenvalue weighted by molar-refractivity contribution is 5.92. The number of non-ortho nitro benzene ring substituents is 1. The van der Waals surface area contributed by atoms with E-state index in [1.165, 1.54) is 36.1 Å². The highest BCUT2D eigenvalue weighted by Crippen LogP contribution is 2.18. The number of nitro groups is 1. The molecule has 1 fully saturated rings. The zero-order valence-corrected chi connectivity index (χ0v) is 20.3. The number of nitrogens with zero attached hydrogens (tertiary/aromatic N) is 2. The van der Waals surface area contributed by atoms with Gasteiger partial charge in [0.15, 0.2) is 0 Å². The molecule has 0 aromatic heterocycles. The first-order valence-corrected chi connectivity index (χ1v) is 11.7. The second kappa shape index (κ2) is 13.0. The lowest BCUT2D eigenvalue weighted by atomic mass is 10.2. The van der Waals surface area contributed by atoms with Crippen LogP contribution in [-0.4, -0.2) is 58.9 Å². The molecular formula is C25H28N4O8. The number of carbonyl (C=O) groups excluding carboxylic acids is 4. The van der Waals surface area contributed by atoms with Gasteiger partial charge in [-0.25, -0.2) is 9.59 Å². The number of alkyl carbamates (subject to hydrolysis) is 1. The fourth-order valence-corrected chi connectivity index (χ4v) is 3.72. The van der Waals surface area contributed by atoms with Crippen LogP contribution in [-0.2, 0) is 37.1 Å². The molecule has 0 saturated carbocycles. The molecule has 0 spiro atoms. The van der Waals surface area contributed by atoms with Crippen molar-refractivity contribution >= 4 is 29.6 Å². The number of rotatable bonds is 10. The first-order valence-electron chi connectivity index (χ1n) is 11.7. The highest BCUT2D eigenvalue weighted by Gasteiger charge is 2.35. The maximum atomic E-state index is 12.8. The molecular weight excluding hydrogens is 484 g/mol. The number of nitrogens with one attached hydrogen (secondary N) is 2. The monoisotopic (exact) mass is 512 g/mol. The van der Waals surface area contributed by atoms with E-state index in [1.54, 1.807) is 12.1 Å². The van der Waals surface area contributed by atoms with Crippen molar-refractivity contribution in [1.82, 2.24) is 15.5 Å². The Kier molecular flexibility index (Phi) is 9.53. The maximum Gasteiger partial charge on any atom is 0.407 e. The van der Waals surface area contributed by atoms with E-state index < -0.39 is 40.9 Å². The smallest absolute Gasteiger partial charge is 0.407 e. The molecule has 3 amide bonds. The Bertz CT molecular complexity index is 1120. The van der Waals surface area contributed by atoms with E-state index in [1.807, 2.05) is 18.2 Å². The number of ether oxygens (including phenoxy) is 2. The lowest BCUT2D eigenvalue weighted by molar-refractivity contribution is -0.384. The second-order valence-electron chi connectivity index (χ2n) is 8.42. The van der Waals surface area contributed by atoms with E-state index in [-0.39, 0.29) is 25.4 Å². The van der Waals surface area contributed by atoms with Crippen molar-refractivity contribution in [1.29, 1.82) is 0 Å². The van der Waals surface area contributed by atoms with Crippen molar-refractivity contribution in [2.24, 2.45) is 0 Å². The molecule has 2 aromatic rings. The third-order valence-corrected chi connectivity index (χ3v) is 5.71. The Morgan fingerprint density at radius 1 is 1.03 bits per heavy atom. The lowest BCUT2D eigenvalue weighted by Gasteiger charge is -2.25. The largest absolute Gasteiger partial charge is 0.459 e. The van der Waals surface area contributed by atoms with Gasteiger partial charge in [-0.3, -0.25) is 19.7 Å². The molecule has 0 unspecified atom stereocenters. The number of likely N-dealkylation sites (tertiary alicyclic amines) is 1. The number of esters is 1. The van der Waals surface area contributed by atoms with Crippen LogP contribution in [0.25, 0.3) is 0 Å². The molecule has 2 aromatic carbocycles. The van der Waals surface area contributed by atoms with E-state index in [0.29, 0.717) is 24.9 Å². The third-order valence-electron chi connectivity index (χ3n) is 5.71. The van der Waals surface area contributed by atoms with Crippen LogP contribution in [0.4, 0.5) is 10.5 Å². The van der Waals surface area contributed by atoms with E-state index in [4.69, 9.17) is 9.47 Å². The summed E-state index contributed by atoms with van der Waals surface area (Å²) in [5.41, 5.74) is 1.28. The molecule has 12 heteroatoms. The second-order valence-corrected chi connectivity index (χ2v) is 8.42. The minimum Gasteiger partial charge on any atom is -0.459 e. The Hall–Kier alpha value is -4.48. The Morgan fingerprint density at radius 3 is 2.35 bits per heavy atom. The van der Waals surface area contributed by atoms with Crippen LogP contribution in [0, 0.1) is 10.1 Å². The molecule has 1 aliphatic rings. The summed E-state index contributed by atoms with van der Waals surface area (Å²) in [6.45, 7) is 1.42. The Morgan fingerprint density at radius 2 is 1.68 bits per heavy atom. The van der Waals surface area contributed by atoms with Gasteiger partial charge in [0.25, 0.3) is 5.69 Å². The van der Waals surface area contributed by atoms with Crippen LogP contribution < -0.4 is 10.6 Å². The molecule has 2 atom stereocenters. The van der Waals surface area contributed by atoms with E-state index in [9.17, 15) is 29.3 Å². The molecule has 0 radical (unpaired) electrons. The molecule has 0 aliphatic carbocycles. The van der Waals surface area contributed by atoms with Gasteiger partial charge in [0.05, 0.1) is 4.92 Å². The van der Waals surface area contributed by atoms with Gasteiger partial charge in [0, 0.05) is 18.7 Å². The minimum absolute atomic E-state index is 0.0633. The van der Waals surface area contributed by atoms with E-state index in [2.05, 4.69) is 10.6 Å².